The molecule has 0 radical (unpaired) electrons. The number of hydrogen-bond donors (Lipinski definition) is 3. The molecule has 0 bridgehead atoms. The lowest BCUT2D eigenvalue weighted by Crippen LogP contribution is -2.42. The summed E-state index contributed by atoms with van der Waals surface area (Å²) >= 11 is 0. The van der Waals surface area contributed by atoms with Gasteiger partial charge in [-0.3, -0.25) is 4.79 Å². The maximum Gasteiger partial charge on any atom is 0.407 e. The van der Waals surface area contributed by atoms with Crippen molar-refractivity contribution in [1.29, 1.82) is 0 Å². The number of rotatable bonds is 11. The Bertz CT molecular complexity index is 974. The van der Waals surface area contributed by atoms with Gasteiger partial charge in [-0.2, -0.15) is 0 Å². The zero-order valence-corrected chi connectivity index (χ0v) is 20.0. The van der Waals surface area contributed by atoms with Crippen LogP contribution >= 0.6 is 0 Å². The van der Waals surface area contributed by atoms with Gasteiger partial charge in [0.1, 0.15) is 12.6 Å². The number of aliphatic carboxylic acids is 1. The Kier molecular flexibility index (Phi) is 8.68. The van der Waals surface area contributed by atoms with Gasteiger partial charge in [-0.25, -0.2) is 9.59 Å². The molecule has 0 aromatic heterocycles. The van der Waals surface area contributed by atoms with E-state index in [1.54, 1.807) is 0 Å². The molecule has 0 heterocycles. The van der Waals surface area contributed by atoms with E-state index in [0.29, 0.717) is 12.3 Å². The summed E-state index contributed by atoms with van der Waals surface area (Å²) in [7, 11) is 0. The van der Waals surface area contributed by atoms with Gasteiger partial charge in [0, 0.05) is 18.9 Å². The number of carbonyl (C=O) groups excluding carboxylic acids is 2. The molecule has 2 unspecified atom stereocenters. The average Bonchev–Trinajstić information content (AvgIpc) is 3.12. The normalized spacial score (nSPS) is 14.1. The van der Waals surface area contributed by atoms with E-state index in [0.717, 1.165) is 17.5 Å². The van der Waals surface area contributed by atoms with Gasteiger partial charge in [0.25, 0.3) is 0 Å². The van der Waals surface area contributed by atoms with Gasteiger partial charge in [-0.15, -0.1) is 0 Å². The Morgan fingerprint density at radius 2 is 1.53 bits per heavy atom. The predicted octanol–water partition coefficient (Wildman–Crippen LogP) is 4.56. The van der Waals surface area contributed by atoms with Crippen molar-refractivity contribution in [2.24, 2.45) is 11.8 Å². The molecule has 182 valence electrons. The fourth-order valence-electron chi connectivity index (χ4n) is 4.31. The molecule has 2 aromatic carbocycles. The van der Waals surface area contributed by atoms with Crippen LogP contribution < -0.4 is 10.6 Å². The molecular formula is C27H34N2O5. The quantitative estimate of drug-likeness (QED) is 0.450. The summed E-state index contributed by atoms with van der Waals surface area (Å²) in [6.45, 7) is 6.33. The molecule has 0 saturated carbocycles. The number of ether oxygens (including phenoxy) is 1. The molecule has 2 atom stereocenters. The molecule has 2 aromatic rings. The van der Waals surface area contributed by atoms with Crippen LogP contribution in [0.4, 0.5) is 4.79 Å². The average molecular weight is 467 g/mol. The standard InChI is InChI=1S/C27H34N2O5/c1-17(2)12-13-24(26(31)32)29-25(30)14-18(3)15-28-27(33)34-16-23-21-10-6-4-8-19(21)20-9-5-7-11-22(20)23/h4-11,17-18,23-24H,12-16H2,1-3H3,(H,28,33)(H,29,30)(H,31,32). The van der Waals surface area contributed by atoms with Crippen LogP contribution in [0.15, 0.2) is 48.5 Å². The summed E-state index contributed by atoms with van der Waals surface area (Å²) in [5, 5.41) is 14.6. The highest BCUT2D eigenvalue weighted by Crippen LogP contribution is 2.44. The van der Waals surface area contributed by atoms with Crippen LogP contribution in [0.3, 0.4) is 0 Å². The summed E-state index contributed by atoms with van der Waals surface area (Å²) in [5.41, 5.74) is 4.62. The monoisotopic (exact) mass is 466 g/mol. The van der Waals surface area contributed by atoms with E-state index < -0.39 is 18.1 Å². The van der Waals surface area contributed by atoms with Crippen LogP contribution in [-0.2, 0) is 14.3 Å². The molecule has 3 rings (SSSR count). The number of nitrogens with one attached hydrogen (secondary N) is 2. The first kappa shape index (κ1) is 25.3. The van der Waals surface area contributed by atoms with Crippen LogP contribution in [0.5, 0.6) is 0 Å². The molecule has 0 aliphatic heterocycles. The first-order valence-corrected chi connectivity index (χ1v) is 11.9. The van der Waals surface area contributed by atoms with Gasteiger partial charge in [0.2, 0.25) is 5.91 Å². The minimum absolute atomic E-state index is 0.0138. The summed E-state index contributed by atoms with van der Waals surface area (Å²) in [6.07, 6.45) is 0.700. The summed E-state index contributed by atoms with van der Waals surface area (Å²) in [6, 6.07) is 15.4. The second-order valence-corrected chi connectivity index (χ2v) is 9.45. The zero-order chi connectivity index (χ0) is 24.7. The van der Waals surface area contributed by atoms with Crippen LogP contribution in [0.25, 0.3) is 11.1 Å². The SMILES string of the molecule is CC(C)CCC(NC(=O)CC(C)CNC(=O)OCC1c2ccccc2-c2ccccc21)C(=O)O. The van der Waals surface area contributed by atoms with Crippen LogP contribution in [0.1, 0.15) is 57.1 Å². The topological polar surface area (TPSA) is 105 Å². The molecule has 0 fully saturated rings. The van der Waals surface area contributed by atoms with Crippen molar-refractivity contribution in [2.75, 3.05) is 13.2 Å². The smallest absolute Gasteiger partial charge is 0.407 e. The van der Waals surface area contributed by atoms with Gasteiger partial charge in [0.05, 0.1) is 0 Å². The molecule has 34 heavy (non-hydrogen) atoms. The predicted molar refractivity (Wildman–Crippen MR) is 130 cm³/mol. The highest BCUT2D eigenvalue weighted by atomic mass is 16.5. The van der Waals surface area contributed by atoms with E-state index in [1.165, 1.54) is 11.1 Å². The number of benzene rings is 2. The third-order valence-electron chi connectivity index (χ3n) is 6.14. The van der Waals surface area contributed by atoms with Crippen LogP contribution in [0, 0.1) is 11.8 Å². The fourth-order valence-corrected chi connectivity index (χ4v) is 4.31. The molecule has 7 nitrogen and oxygen atoms in total. The van der Waals surface area contributed by atoms with E-state index in [2.05, 4.69) is 34.9 Å². The molecule has 1 aliphatic carbocycles. The summed E-state index contributed by atoms with van der Waals surface area (Å²) in [5.74, 6) is -1.18. The zero-order valence-electron chi connectivity index (χ0n) is 20.0. The molecule has 2 amide bonds. The van der Waals surface area contributed by atoms with Crippen molar-refractivity contribution in [3.8, 4) is 11.1 Å². The van der Waals surface area contributed by atoms with Crippen molar-refractivity contribution < 1.29 is 24.2 Å². The second-order valence-electron chi connectivity index (χ2n) is 9.45. The molecule has 7 heteroatoms. The number of fused-ring (bicyclic) bond motifs is 3. The lowest BCUT2D eigenvalue weighted by molar-refractivity contribution is -0.142. The highest BCUT2D eigenvalue weighted by Gasteiger charge is 2.29. The number of alkyl carbamates (subject to hydrolysis) is 1. The molecule has 0 saturated heterocycles. The lowest BCUT2D eigenvalue weighted by atomic mass is 9.98. The van der Waals surface area contributed by atoms with Crippen LogP contribution in [0.2, 0.25) is 0 Å². The second kappa shape index (κ2) is 11.7. The van der Waals surface area contributed by atoms with E-state index in [1.807, 2.05) is 45.0 Å². The minimum atomic E-state index is -1.03. The highest BCUT2D eigenvalue weighted by molar-refractivity contribution is 5.83. The summed E-state index contributed by atoms with van der Waals surface area (Å²) < 4.78 is 5.52. The third-order valence-corrected chi connectivity index (χ3v) is 6.14. The molecule has 0 spiro atoms. The largest absolute Gasteiger partial charge is 0.480 e. The first-order chi connectivity index (χ1) is 16.3. The minimum Gasteiger partial charge on any atom is -0.480 e. The van der Waals surface area contributed by atoms with E-state index in [9.17, 15) is 19.5 Å². The van der Waals surface area contributed by atoms with E-state index in [-0.39, 0.29) is 37.3 Å². The van der Waals surface area contributed by atoms with E-state index >= 15 is 0 Å². The summed E-state index contributed by atoms with van der Waals surface area (Å²) in [4.78, 5) is 36.0. The number of carboxylic acid groups (broad SMARTS) is 1. The van der Waals surface area contributed by atoms with Gasteiger partial charge in [-0.05, 0) is 46.9 Å². The van der Waals surface area contributed by atoms with Gasteiger partial charge in [0.15, 0.2) is 0 Å². The maximum atomic E-state index is 12.3. The van der Waals surface area contributed by atoms with Crippen molar-refractivity contribution >= 4 is 18.0 Å². The van der Waals surface area contributed by atoms with Crippen LogP contribution in [-0.4, -0.2) is 42.3 Å². The molecule has 1 aliphatic rings. The van der Waals surface area contributed by atoms with Crippen molar-refractivity contribution in [1.82, 2.24) is 10.6 Å². The molecular weight excluding hydrogens is 432 g/mol. The number of carbonyl (C=O) groups is 3. The van der Waals surface area contributed by atoms with Gasteiger partial charge in [-0.1, -0.05) is 69.3 Å². The van der Waals surface area contributed by atoms with Crippen molar-refractivity contribution in [3.05, 3.63) is 59.7 Å². The maximum absolute atomic E-state index is 12.3. The first-order valence-electron chi connectivity index (χ1n) is 11.9. The van der Waals surface area contributed by atoms with Crippen molar-refractivity contribution in [2.45, 2.75) is 52.0 Å². The number of hydrogen-bond acceptors (Lipinski definition) is 4. The lowest BCUT2D eigenvalue weighted by Gasteiger charge is -2.18. The Morgan fingerprint density at radius 3 is 2.09 bits per heavy atom. The Hall–Kier alpha value is -3.35. The van der Waals surface area contributed by atoms with Crippen molar-refractivity contribution in [3.63, 3.8) is 0 Å². The Labute approximate surface area is 200 Å². The molecule has 3 N–H and O–H groups in total. The Morgan fingerprint density at radius 1 is 0.941 bits per heavy atom. The number of carboxylic acids is 1. The third kappa shape index (κ3) is 6.59. The van der Waals surface area contributed by atoms with E-state index in [4.69, 9.17) is 4.74 Å². The number of amides is 2. The van der Waals surface area contributed by atoms with Gasteiger partial charge >= 0.3 is 12.1 Å². The van der Waals surface area contributed by atoms with Gasteiger partial charge < -0.3 is 20.5 Å². The Balaban J connectivity index is 1.45. The fraction of sp³-hybridized carbons (Fsp3) is 0.444.